The Labute approximate surface area is 143 Å². The van der Waals surface area contributed by atoms with Crippen molar-refractivity contribution in [2.75, 3.05) is 13.7 Å². The van der Waals surface area contributed by atoms with Crippen LogP contribution in [0.1, 0.15) is 24.8 Å². The van der Waals surface area contributed by atoms with E-state index in [2.05, 4.69) is 30.8 Å². The van der Waals surface area contributed by atoms with Gasteiger partial charge in [0, 0.05) is 54.1 Å². The van der Waals surface area contributed by atoms with E-state index < -0.39 is 0 Å². The summed E-state index contributed by atoms with van der Waals surface area (Å²) in [4.78, 5) is 16.2. The number of rotatable bonds is 7. The van der Waals surface area contributed by atoms with E-state index in [1.54, 1.807) is 13.3 Å². The molecular formula is C16H20BrN3O3. The highest BCUT2D eigenvalue weighted by Crippen LogP contribution is 2.28. The number of hydrogen-bond donors (Lipinski definition) is 1. The first-order chi connectivity index (χ1) is 11.2. The third-order valence-corrected chi connectivity index (χ3v) is 4.45. The van der Waals surface area contributed by atoms with Crippen LogP contribution in [0, 0.1) is 0 Å². The second-order valence-corrected chi connectivity index (χ2v) is 6.53. The molecule has 124 valence electrons. The number of aromatic nitrogens is 2. The van der Waals surface area contributed by atoms with E-state index in [0.717, 1.165) is 46.9 Å². The lowest BCUT2D eigenvalue weighted by Gasteiger charge is -2.05. The molecule has 2 aromatic heterocycles. The topological polar surface area (TPSA) is 65.4 Å². The molecule has 1 fully saturated rings. The van der Waals surface area contributed by atoms with Crippen molar-refractivity contribution in [2.45, 2.75) is 38.5 Å². The predicted molar refractivity (Wildman–Crippen MR) is 90.3 cm³/mol. The Hall–Kier alpha value is -1.60. The summed E-state index contributed by atoms with van der Waals surface area (Å²) in [6, 6.07) is 2.20. The number of carbonyl (C=O) groups is 1. The molecule has 0 bridgehead atoms. The van der Waals surface area contributed by atoms with Crippen molar-refractivity contribution in [1.29, 1.82) is 0 Å². The lowest BCUT2D eigenvalue weighted by Crippen LogP contribution is -2.25. The molecule has 1 amide bonds. The summed E-state index contributed by atoms with van der Waals surface area (Å²) in [6.07, 6.45) is 6.41. The van der Waals surface area contributed by atoms with E-state index in [4.69, 9.17) is 9.47 Å². The van der Waals surface area contributed by atoms with E-state index in [-0.39, 0.29) is 12.7 Å². The third-order valence-electron chi connectivity index (χ3n) is 3.79. The first-order valence-electron chi connectivity index (χ1n) is 7.73. The van der Waals surface area contributed by atoms with Crippen LogP contribution in [-0.2, 0) is 22.6 Å². The van der Waals surface area contributed by atoms with Gasteiger partial charge in [0.05, 0.1) is 0 Å². The van der Waals surface area contributed by atoms with Crippen LogP contribution >= 0.6 is 15.9 Å². The van der Waals surface area contributed by atoms with Gasteiger partial charge in [0.25, 0.3) is 0 Å². The highest BCUT2D eigenvalue weighted by Gasteiger charge is 2.24. The molecule has 1 aliphatic rings. The highest BCUT2D eigenvalue weighted by atomic mass is 79.9. The number of nitrogens with one attached hydrogen (secondary N) is 1. The molecule has 7 heteroatoms. The maximum atomic E-state index is 11.7. The van der Waals surface area contributed by atoms with Crippen LogP contribution < -0.4 is 5.32 Å². The number of pyridine rings is 1. The normalized spacial score (nSPS) is 14.2. The first kappa shape index (κ1) is 16.3. The van der Waals surface area contributed by atoms with Crippen molar-refractivity contribution in [2.24, 2.45) is 0 Å². The van der Waals surface area contributed by atoms with Crippen molar-refractivity contribution in [3.8, 4) is 0 Å². The second kappa shape index (κ2) is 7.31. The summed E-state index contributed by atoms with van der Waals surface area (Å²) >= 11 is 3.57. The molecule has 6 nitrogen and oxygen atoms in total. The van der Waals surface area contributed by atoms with Gasteiger partial charge in [-0.05, 0) is 41.3 Å². The minimum Gasteiger partial charge on any atom is -0.445 e. The number of halogens is 1. The minimum absolute atomic E-state index is 0.233. The van der Waals surface area contributed by atoms with Crippen molar-refractivity contribution < 1.29 is 14.3 Å². The summed E-state index contributed by atoms with van der Waals surface area (Å²) in [6.45, 7) is 1.74. The van der Waals surface area contributed by atoms with E-state index in [0.29, 0.717) is 12.6 Å². The van der Waals surface area contributed by atoms with E-state index >= 15 is 0 Å². The second-order valence-electron chi connectivity index (χ2n) is 5.68. The van der Waals surface area contributed by atoms with Crippen LogP contribution in [0.4, 0.5) is 4.79 Å². The van der Waals surface area contributed by atoms with Crippen LogP contribution in [0.15, 0.2) is 22.9 Å². The quantitative estimate of drug-likeness (QED) is 0.747. The smallest absolute Gasteiger partial charge is 0.407 e. The van der Waals surface area contributed by atoms with Gasteiger partial charge in [-0.2, -0.15) is 0 Å². The predicted octanol–water partition coefficient (Wildman–Crippen LogP) is 3.22. The molecule has 2 heterocycles. The Bertz CT molecular complexity index is 697. The van der Waals surface area contributed by atoms with Gasteiger partial charge in [0.2, 0.25) is 0 Å². The fourth-order valence-corrected chi connectivity index (χ4v) is 3.05. The average Bonchev–Trinajstić information content (AvgIpc) is 3.27. The van der Waals surface area contributed by atoms with Gasteiger partial charge in [0.1, 0.15) is 12.3 Å². The molecule has 0 radical (unpaired) electrons. The number of carbonyl (C=O) groups excluding carboxylic acids is 1. The van der Waals surface area contributed by atoms with Gasteiger partial charge in [-0.3, -0.25) is 0 Å². The number of hydrogen-bond acceptors (Lipinski definition) is 4. The lowest BCUT2D eigenvalue weighted by atomic mass is 10.2. The van der Waals surface area contributed by atoms with Gasteiger partial charge in [0.15, 0.2) is 0 Å². The molecule has 2 aromatic rings. The van der Waals surface area contributed by atoms with Crippen molar-refractivity contribution >= 4 is 33.1 Å². The minimum atomic E-state index is -0.354. The molecular weight excluding hydrogens is 362 g/mol. The number of amides is 1. The highest BCUT2D eigenvalue weighted by molar-refractivity contribution is 9.10. The van der Waals surface area contributed by atoms with Crippen molar-refractivity contribution in [1.82, 2.24) is 14.9 Å². The molecule has 0 atom stereocenters. The first-order valence-corrected chi connectivity index (χ1v) is 8.53. The van der Waals surface area contributed by atoms with Crippen molar-refractivity contribution in [3.05, 3.63) is 28.5 Å². The number of methoxy groups -OCH3 is 1. The van der Waals surface area contributed by atoms with Gasteiger partial charge in [-0.25, -0.2) is 9.78 Å². The Morgan fingerprint density at radius 3 is 3.09 bits per heavy atom. The number of nitrogens with zero attached hydrogens (tertiary/aromatic N) is 2. The zero-order chi connectivity index (χ0) is 16.2. The summed E-state index contributed by atoms with van der Waals surface area (Å²) in [5, 5.41) is 3.81. The van der Waals surface area contributed by atoms with Gasteiger partial charge >= 0.3 is 6.09 Å². The zero-order valence-electron chi connectivity index (χ0n) is 13.0. The molecule has 3 rings (SSSR count). The largest absolute Gasteiger partial charge is 0.445 e. The Kier molecular flexibility index (Phi) is 5.17. The fraction of sp³-hybridized carbons (Fsp3) is 0.500. The Balaban J connectivity index is 1.76. The van der Waals surface area contributed by atoms with Gasteiger partial charge in [-0.1, -0.05) is 0 Å². The fourth-order valence-electron chi connectivity index (χ4n) is 2.49. The van der Waals surface area contributed by atoms with Gasteiger partial charge in [-0.15, -0.1) is 0 Å². The standard InChI is InChI=1S/C16H20BrN3O3/c1-22-8-2-7-20-9-11(10-23-16(21)19-12-3-4-12)14-13(17)5-6-18-15(14)20/h5-6,9,12H,2-4,7-8,10H2,1H3,(H,19,21). The molecule has 1 aliphatic carbocycles. The van der Waals surface area contributed by atoms with E-state index in [9.17, 15) is 4.79 Å². The molecule has 0 saturated heterocycles. The van der Waals surface area contributed by atoms with Crippen LogP contribution in [0.25, 0.3) is 11.0 Å². The molecule has 0 unspecified atom stereocenters. The summed E-state index contributed by atoms with van der Waals surface area (Å²) in [5.41, 5.74) is 1.83. The third kappa shape index (κ3) is 4.03. The Morgan fingerprint density at radius 1 is 1.52 bits per heavy atom. The Morgan fingerprint density at radius 2 is 2.35 bits per heavy atom. The zero-order valence-corrected chi connectivity index (χ0v) is 14.6. The van der Waals surface area contributed by atoms with Crippen LogP contribution in [0.3, 0.4) is 0 Å². The molecule has 1 saturated carbocycles. The molecule has 23 heavy (non-hydrogen) atoms. The SMILES string of the molecule is COCCCn1cc(COC(=O)NC2CC2)c2c(Br)ccnc21. The number of alkyl carbamates (subject to hydrolysis) is 1. The maximum absolute atomic E-state index is 11.7. The van der Waals surface area contributed by atoms with Gasteiger partial charge < -0.3 is 19.4 Å². The molecule has 0 aromatic carbocycles. The maximum Gasteiger partial charge on any atom is 0.407 e. The molecule has 0 spiro atoms. The number of aryl methyl sites for hydroxylation is 1. The number of fused-ring (bicyclic) bond motifs is 1. The monoisotopic (exact) mass is 381 g/mol. The summed E-state index contributed by atoms with van der Waals surface area (Å²) in [7, 11) is 1.69. The van der Waals surface area contributed by atoms with Crippen LogP contribution in [-0.4, -0.2) is 35.4 Å². The summed E-state index contributed by atoms with van der Waals surface area (Å²) in [5.74, 6) is 0. The molecule has 0 aliphatic heterocycles. The van der Waals surface area contributed by atoms with Crippen LogP contribution in [0.2, 0.25) is 0 Å². The average molecular weight is 382 g/mol. The van der Waals surface area contributed by atoms with E-state index in [1.807, 2.05) is 12.3 Å². The number of ether oxygens (including phenoxy) is 2. The van der Waals surface area contributed by atoms with Crippen LogP contribution in [0.5, 0.6) is 0 Å². The van der Waals surface area contributed by atoms with E-state index in [1.165, 1.54) is 0 Å². The lowest BCUT2D eigenvalue weighted by molar-refractivity contribution is 0.139. The van der Waals surface area contributed by atoms with Crippen molar-refractivity contribution in [3.63, 3.8) is 0 Å². The molecule has 1 N–H and O–H groups in total. The summed E-state index contributed by atoms with van der Waals surface area (Å²) < 4.78 is 13.5.